The number of carboxylic acids is 1. The highest BCUT2D eigenvalue weighted by molar-refractivity contribution is 5.83. The first-order valence-electron chi connectivity index (χ1n) is 6.59. The van der Waals surface area contributed by atoms with Gasteiger partial charge in [0, 0.05) is 13.0 Å². The summed E-state index contributed by atoms with van der Waals surface area (Å²) < 4.78 is 13.9. The van der Waals surface area contributed by atoms with Crippen LogP contribution in [0.15, 0.2) is 18.2 Å². The number of benzene rings is 1. The second-order valence-corrected chi connectivity index (χ2v) is 5.38. The summed E-state index contributed by atoms with van der Waals surface area (Å²) in [7, 11) is 0. The maximum absolute atomic E-state index is 13.9. The summed E-state index contributed by atoms with van der Waals surface area (Å²) in [5.74, 6) is -1.71. The Balaban J connectivity index is 2.09. The summed E-state index contributed by atoms with van der Waals surface area (Å²) >= 11 is 0. The minimum absolute atomic E-state index is 0.138. The summed E-state index contributed by atoms with van der Waals surface area (Å²) in [5, 5.41) is 8.84. The Hall–Kier alpha value is -1.91. The van der Waals surface area contributed by atoms with Gasteiger partial charge in [0.1, 0.15) is 0 Å². The van der Waals surface area contributed by atoms with Crippen LogP contribution >= 0.6 is 0 Å². The van der Waals surface area contributed by atoms with E-state index in [4.69, 9.17) is 5.11 Å². The quantitative estimate of drug-likeness (QED) is 0.919. The molecule has 1 N–H and O–H groups in total. The highest BCUT2D eigenvalue weighted by Crippen LogP contribution is 2.27. The Morgan fingerprint density at radius 3 is 2.45 bits per heavy atom. The van der Waals surface area contributed by atoms with Crippen molar-refractivity contribution in [1.29, 1.82) is 0 Å². The van der Waals surface area contributed by atoms with Gasteiger partial charge in [0.05, 0.1) is 13.0 Å². The molecule has 0 spiro atoms. The number of likely N-dealkylation sites (tertiary alicyclic amines) is 1. The lowest BCUT2D eigenvalue weighted by Crippen LogP contribution is -2.39. The molecule has 1 aliphatic heterocycles. The number of aliphatic carboxylic acids is 1. The fourth-order valence-electron chi connectivity index (χ4n) is 2.55. The monoisotopic (exact) mass is 279 g/mol. The van der Waals surface area contributed by atoms with E-state index in [2.05, 4.69) is 0 Å². The van der Waals surface area contributed by atoms with E-state index in [-0.39, 0.29) is 31.8 Å². The predicted octanol–water partition coefficient (Wildman–Crippen LogP) is 1.87. The lowest BCUT2D eigenvalue weighted by atomic mass is 9.99. The van der Waals surface area contributed by atoms with Gasteiger partial charge in [-0.3, -0.25) is 4.79 Å². The Labute approximate surface area is 117 Å². The van der Waals surface area contributed by atoms with Crippen molar-refractivity contribution in [3.05, 3.63) is 34.9 Å². The van der Waals surface area contributed by atoms with Gasteiger partial charge >= 0.3 is 5.97 Å². The smallest absolute Gasteiger partial charge is 0.343 e. The Morgan fingerprint density at radius 2 is 1.95 bits per heavy atom. The van der Waals surface area contributed by atoms with Crippen molar-refractivity contribution in [3.8, 4) is 0 Å². The number of carbonyl (C=O) groups excluding carboxylic acids is 1. The average molecular weight is 279 g/mol. The van der Waals surface area contributed by atoms with E-state index < -0.39 is 11.6 Å². The summed E-state index contributed by atoms with van der Waals surface area (Å²) in [6, 6.07) is 5.78. The maximum atomic E-state index is 13.9. The van der Waals surface area contributed by atoms with Gasteiger partial charge in [0.25, 0.3) is 0 Å². The molecule has 1 aliphatic rings. The Morgan fingerprint density at radius 1 is 1.35 bits per heavy atom. The van der Waals surface area contributed by atoms with Gasteiger partial charge in [-0.2, -0.15) is 0 Å². The molecule has 0 radical (unpaired) electrons. The summed E-state index contributed by atoms with van der Waals surface area (Å²) in [5.41, 5.74) is 0.671. The first kappa shape index (κ1) is 14.5. The minimum atomic E-state index is -2.30. The maximum Gasteiger partial charge on any atom is 0.343 e. The van der Waals surface area contributed by atoms with E-state index in [1.807, 2.05) is 32.0 Å². The molecule has 1 amide bonds. The first-order valence-corrected chi connectivity index (χ1v) is 6.59. The van der Waals surface area contributed by atoms with Crippen molar-refractivity contribution in [2.45, 2.75) is 32.4 Å². The zero-order valence-corrected chi connectivity index (χ0v) is 11.6. The van der Waals surface area contributed by atoms with Crippen LogP contribution in [0.4, 0.5) is 4.39 Å². The van der Waals surface area contributed by atoms with E-state index in [0.29, 0.717) is 0 Å². The van der Waals surface area contributed by atoms with Crippen LogP contribution in [0.3, 0.4) is 0 Å². The molecule has 1 saturated heterocycles. The van der Waals surface area contributed by atoms with E-state index in [1.54, 1.807) is 0 Å². The van der Waals surface area contributed by atoms with Gasteiger partial charge in [-0.25, -0.2) is 9.18 Å². The van der Waals surface area contributed by atoms with Crippen LogP contribution in [0.5, 0.6) is 0 Å². The van der Waals surface area contributed by atoms with Crippen LogP contribution < -0.4 is 0 Å². The highest BCUT2D eigenvalue weighted by atomic mass is 19.1. The van der Waals surface area contributed by atoms with Gasteiger partial charge in [0.2, 0.25) is 11.6 Å². The fourth-order valence-corrected chi connectivity index (χ4v) is 2.55. The van der Waals surface area contributed by atoms with Gasteiger partial charge in [-0.15, -0.1) is 0 Å². The van der Waals surface area contributed by atoms with Crippen molar-refractivity contribution >= 4 is 11.9 Å². The number of carboxylic acid groups (broad SMARTS) is 1. The molecule has 20 heavy (non-hydrogen) atoms. The standard InChI is InChI=1S/C15H18FNO3/c1-10-4-3-5-11(2)12(10)8-13(18)17-7-6-15(16,9-17)14(19)20/h3-5H,6-9H2,1-2H3,(H,19,20). The molecular weight excluding hydrogens is 261 g/mol. The summed E-state index contributed by atoms with van der Waals surface area (Å²) in [4.78, 5) is 24.3. The molecular formula is C15H18FNO3. The SMILES string of the molecule is Cc1cccc(C)c1CC(=O)N1CCC(F)(C(=O)O)C1. The number of amides is 1. The van der Waals surface area contributed by atoms with E-state index in [0.717, 1.165) is 16.7 Å². The van der Waals surface area contributed by atoms with Gasteiger partial charge < -0.3 is 10.0 Å². The molecule has 0 aliphatic carbocycles. The molecule has 1 atom stereocenters. The van der Waals surface area contributed by atoms with Crippen LogP contribution in [0.25, 0.3) is 0 Å². The summed E-state index contributed by atoms with van der Waals surface area (Å²) in [6.07, 6.45) is 0.0506. The van der Waals surface area contributed by atoms with Crippen molar-refractivity contribution in [2.24, 2.45) is 0 Å². The number of halogens is 1. The Kier molecular flexibility index (Phi) is 3.79. The molecule has 0 bridgehead atoms. The van der Waals surface area contributed by atoms with E-state index in [1.165, 1.54) is 4.90 Å². The van der Waals surface area contributed by atoms with Crippen LogP contribution in [0.1, 0.15) is 23.1 Å². The third-order valence-corrected chi connectivity index (χ3v) is 3.93. The van der Waals surface area contributed by atoms with Crippen molar-refractivity contribution < 1.29 is 19.1 Å². The predicted molar refractivity (Wildman–Crippen MR) is 72.3 cm³/mol. The second kappa shape index (κ2) is 5.23. The molecule has 1 aromatic carbocycles. The number of aryl methyl sites for hydroxylation is 2. The number of nitrogens with zero attached hydrogens (tertiary/aromatic N) is 1. The molecule has 5 heteroatoms. The molecule has 4 nitrogen and oxygen atoms in total. The first-order chi connectivity index (χ1) is 9.33. The topological polar surface area (TPSA) is 57.6 Å². The van der Waals surface area contributed by atoms with Crippen LogP contribution in [-0.2, 0) is 16.0 Å². The summed E-state index contributed by atoms with van der Waals surface area (Å²) in [6.45, 7) is 3.66. The number of carbonyl (C=O) groups is 2. The van der Waals surface area contributed by atoms with E-state index >= 15 is 0 Å². The van der Waals surface area contributed by atoms with Gasteiger partial charge in [-0.1, -0.05) is 18.2 Å². The van der Waals surface area contributed by atoms with Crippen molar-refractivity contribution in [1.82, 2.24) is 4.90 Å². The Bertz CT molecular complexity index is 538. The highest BCUT2D eigenvalue weighted by Gasteiger charge is 2.46. The molecule has 1 aromatic rings. The van der Waals surface area contributed by atoms with Gasteiger partial charge in [-0.05, 0) is 30.5 Å². The third-order valence-electron chi connectivity index (χ3n) is 3.93. The normalized spacial score (nSPS) is 22.1. The van der Waals surface area contributed by atoms with Crippen LogP contribution in [0, 0.1) is 13.8 Å². The van der Waals surface area contributed by atoms with Crippen molar-refractivity contribution in [2.75, 3.05) is 13.1 Å². The fraction of sp³-hybridized carbons (Fsp3) is 0.467. The van der Waals surface area contributed by atoms with Crippen LogP contribution in [0.2, 0.25) is 0 Å². The number of hydrogen-bond acceptors (Lipinski definition) is 2. The largest absolute Gasteiger partial charge is 0.479 e. The average Bonchev–Trinajstić information content (AvgIpc) is 2.78. The molecule has 108 valence electrons. The van der Waals surface area contributed by atoms with E-state index in [9.17, 15) is 14.0 Å². The molecule has 1 fully saturated rings. The second-order valence-electron chi connectivity index (χ2n) is 5.38. The third kappa shape index (κ3) is 2.66. The molecule has 1 heterocycles. The lowest BCUT2D eigenvalue weighted by molar-refractivity contribution is -0.150. The van der Waals surface area contributed by atoms with Crippen LogP contribution in [-0.4, -0.2) is 40.6 Å². The zero-order chi connectivity index (χ0) is 14.9. The van der Waals surface area contributed by atoms with Gasteiger partial charge in [0.15, 0.2) is 0 Å². The molecule has 0 saturated carbocycles. The number of hydrogen-bond donors (Lipinski definition) is 1. The lowest BCUT2D eigenvalue weighted by Gasteiger charge is -2.19. The van der Waals surface area contributed by atoms with Crippen molar-refractivity contribution in [3.63, 3.8) is 0 Å². The number of rotatable bonds is 3. The molecule has 0 aromatic heterocycles. The molecule has 1 unspecified atom stereocenters. The zero-order valence-electron chi connectivity index (χ0n) is 11.6. The number of alkyl halides is 1. The minimum Gasteiger partial charge on any atom is -0.479 e. The molecule has 2 rings (SSSR count).